The van der Waals surface area contributed by atoms with E-state index in [0.717, 1.165) is 6.42 Å². The molecule has 0 aliphatic rings. The van der Waals surface area contributed by atoms with Crippen LogP contribution in [-0.2, 0) is 11.3 Å². The van der Waals surface area contributed by atoms with E-state index in [1.807, 2.05) is 6.92 Å². The summed E-state index contributed by atoms with van der Waals surface area (Å²) in [6, 6.07) is 0.348. The summed E-state index contributed by atoms with van der Waals surface area (Å²) in [7, 11) is 0. The summed E-state index contributed by atoms with van der Waals surface area (Å²) in [6.45, 7) is 4.71. The van der Waals surface area contributed by atoms with E-state index < -0.39 is 0 Å². The molecule has 1 aromatic heterocycles. The summed E-state index contributed by atoms with van der Waals surface area (Å²) in [5.41, 5.74) is 0. The summed E-state index contributed by atoms with van der Waals surface area (Å²) in [5.74, 6) is 0.409. The minimum absolute atomic E-state index is 0.0694. The summed E-state index contributed by atoms with van der Waals surface area (Å²) < 4.78 is 0. The number of H-pyrrole nitrogens is 1. The van der Waals surface area contributed by atoms with Crippen LogP contribution in [0.5, 0.6) is 0 Å². The lowest BCUT2D eigenvalue weighted by Crippen LogP contribution is -2.37. The van der Waals surface area contributed by atoms with Gasteiger partial charge in [-0.3, -0.25) is 4.79 Å². The number of carbonyl (C=O) groups excluding carboxylic acids is 1. The molecule has 0 fully saturated rings. The maximum atomic E-state index is 11.3. The topological polar surface area (TPSA) is 95.6 Å². The average molecular weight is 212 g/mol. The number of aromatic nitrogens is 4. The van der Waals surface area contributed by atoms with Gasteiger partial charge in [0, 0.05) is 6.04 Å². The SMILES string of the molecule is CCC(C)NCC(=O)NCc1nn[nH]n1. The number of hydrogen-bond acceptors (Lipinski definition) is 5. The van der Waals surface area contributed by atoms with Crippen molar-refractivity contribution in [2.75, 3.05) is 6.54 Å². The Balaban J connectivity index is 2.14. The van der Waals surface area contributed by atoms with E-state index in [4.69, 9.17) is 0 Å². The van der Waals surface area contributed by atoms with Crippen LogP contribution in [0.1, 0.15) is 26.1 Å². The van der Waals surface area contributed by atoms with E-state index in [9.17, 15) is 4.79 Å². The van der Waals surface area contributed by atoms with Crippen LogP contribution >= 0.6 is 0 Å². The van der Waals surface area contributed by atoms with Gasteiger partial charge < -0.3 is 10.6 Å². The lowest BCUT2D eigenvalue weighted by Gasteiger charge is -2.10. The van der Waals surface area contributed by atoms with Gasteiger partial charge in [0.25, 0.3) is 0 Å². The molecule has 0 saturated heterocycles. The molecule has 84 valence electrons. The standard InChI is InChI=1S/C8H16N6O/c1-3-6(2)9-5-8(15)10-4-7-11-13-14-12-7/h6,9H,3-5H2,1-2H3,(H,10,15)(H,11,12,13,14). The molecule has 1 aromatic rings. The fourth-order valence-electron chi connectivity index (χ4n) is 0.909. The molecule has 0 bridgehead atoms. The fourth-order valence-corrected chi connectivity index (χ4v) is 0.909. The molecule has 0 aliphatic heterocycles. The fraction of sp³-hybridized carbons (Fsp3) is 0.750. The molecule has 1 rings (SSSR count). The van der Waals surface area contributed by atoms with E-state index in [1.165, 1.54) is 0 Å². The van der Waals surface area contributed by atoms with Crippen LogP contribution in [-0.4, -0.2) is 39.1 Å². The minimum atomic E-state index is -0.0694. The van der Waals surface area contributed by atoms with Crippen molar-refractivity contribution in [3.63, 3.8) is 0 Å². The lowest BCUT2D eigenvalue weighted by atomic mass is 10.2. The van der Waals surface area contributed by atoms with Gasteiger partial charge in [-0.25, -0.2) is 0 Å². The molecule has 0 saturated carbocycles. The maximum Gasteiger partial charge on any atom is 0.234 e. The second-order valence-corrected chi connectivity index (χ2v) is 3.29. The van der Waals surface area contributed by atoms with Crippen molar-refractivity contribution in [3.8, 4) is 0 Å². The second-order valence-electron chi connectivity index (χ2n) is 3.29. The second kappa shape index (κ2) is 6.07. The van der Waals surface area contributed by atoms with Gasteiger partial charge in [0.2, 0.25) is 5.91 Å². The number of rotatable bonds is 6. The van der Waals surface area contributed by atoms with Crippen LogP contribution in [0.2, 0.25) is 0 Å². The van der Waals surface area contributed by atoms with Gasteiger partial charge in [-0.1, -0.05) is 12.1 Å². The smallest absolute Gasteiger partial charge is 0.234 e. The number of tetrazole rings is 1. The minimum Gasteiger partial charge on any atom is -0.348 e. The van der Waals surface area contributed by atoms with Crippen LogP contribution in [0.25, 0.3) is 0 Å². The summed E-state index contributed by atoms with van der Waals surface area (Å²) in [5, 5.41) is 18.9. The summed E-state index contributed by atoms with van der Waals surface area (Å²) in [4.78, 5) is 11.3. The molecule has 1 heterocycles. The quantitative estimate of drug-likeness (QED) is 0.574. The third-order valence-electron chi connectivity index (χ3n) is 2.06. The Hall–Kier alpha value is -1.50. The van der Waals surface area contributed by atoms with Crippen LogP contribution < -0.4 is 10.6 Å². The molecule has 15 heavy (non-hydrogen) atoms. The number of amides is 1. The van der Waals surface area contributed by atoms with Gasteiger partial charge in [-0.15, -0.1) is 10.2 Å². The Morgan fingerprint density at radius 1 is 1.60 bits per heavy atom. The van der Waals surface area contributed by atoms with Crippen LogP contribution in [0.15, 0.2) is 0 Å². The number of nitrogens with one attached hydrogen (secondary N) is 3. The lowest BCUT2D eigenvalue weighted by molar-refractivity contribution is -0.120. The highest BCUT2D eigenvalue weighted by Gasteiger charge is 2.04. The molecular weight excluding hydrogens is 196 g/mol. The third kappa shape index (κ3) is 4.50. The molecule has 3 N–H and O–H groups in total. The third-order valence-corrected chi connectivity index (χ3v) is 2.06. The molecule has 1 atom stereocenters. The molecule has 1 unspecified atom stereocenters. The highest BCUT2D eigenvalue weighted by Crippen LogP contribution is 1.86. The Bertz CT molecular complexity index is 285. The van der Waals surface area contributed by atoms with Gasteiger partial charge >= 0.3 is 0 Å². The Morgan fingerprint density at radius 3 is 3.00 bits per heavy atom. The number of nitrogens with zero attached hydrogens (tertiary/aromatic N) is 3. The van der Waals surface area contributed by atoms with Crippen molar-refractivity contribution >= 4 is 5.91 Å². The van der Waals surface area contributed by atoms with Crippen molar-refractivity contribution in [3.05, 3.63) is 5.82 Å². The van der Waals surface area contributed by atoms with Crippen LogP contribution in [0.3, 0.4) is 0 Å². The number of hydrogen-bond donors (Lipinski definition) is 3. The Morgan fingerprint density at radius 2 is 2.40 bits per heavy atom. The zero-order valence-electron chi connectivity index (χ0n) is 8.95. The largest absolute Gasteiger partial charge is 0.348 e. The van der Waals surface area contributed by atoms with E-state index in [1.54, 1.807) is 0 Å². The van der Waals surface area contributed by atoms with Crippen LogP contribution in [0, 0.1) is 0 Å². The van der Waals surface area contributed by atoms with Gasteiger partial charge in [0.1, 0.15) is 0 Å². The van der Waals surface area contributed by atoms with Crippen molar-refractivity contribution in [1.29, 1.82) is 0 Å². The first-order valence-corrected chi connectivity index (χ1v) is 4.94. The molecule has 0 radical (unpaired) electrons. The zero-order chi connectivity index (χ0) is 11.1. The van der Waals surface area contributed by atoms with E-state index in [0.29, 0.717) is 25.0 Å². The van der Waals surface area contributed by atoms with Crippen molar-refractivity contribution in [2.24, 2.45) is 0 Å². The maximum absolute atomic E-state index is 11.3. The zero-order valence-corrected chi connectivity index (χ0v) is 8.95. The van der Waals surface area contributed by atoms with Crippen molar-refractivity contribution in [1.82, 2.24) is 31.3 Å². The van der Waals surface area contributed by atoms with Crippen LogP contribution in [0.4, 0.5) is 0 Å². The van der Waals surface area contributed by atoms with Crippen molar-refractivity contribution in [2.45, 2.75) is 32.9 Å². The number of aromatic amines is 1. The molecular formula is C8H16N6O. The molecule has 0 aromatic carbocycles. The van der Waals surface area contributed by atoms with E-state index in [2.05, 4.69) is 38.2 Å². The molecule has 0 spiro atoms. The van der Waals surface area contributed by atoms with Gasteiger partial charge in [-0.05, 0) is 13.3 Å². The van der Waals surface area contributed by atoms with Crippen molar-refractivity contribution < 1.29 is 4.79 Å². The van der Waals surface area contributed by atoms with Gasteiger partial charge in [-0.2, -0.15) is 5.21 Å². The predicted octanol–water partition coefficient (Wildman–Crippen LogP) is -0.796. The first kappa shape index (κ1) is 11.6. The monoisotopic (exact) mass is 212 g/mol. The van der Waals surface area contributed by atoms with Gasteiger partial charge in [0.15, 0.2) is 5.82 Å². The molecule has 7 nitrogen and oxygen atoms in total. The highest BCUT2D eigenvalue weighted by atomic mass is 16.1. The highest BCUT2D eigenvalue weighted by molar-refractivity contribution is 5.77. The summed E-state index contributed by atoms with van der Waals surface area (Å²) in [6.07, 6.45) is 0.998. The predicted molar refractivity (Wildman–Crippen MR) is 53.8 cm³/mol. The summed E-state index contributed by atoms with van der Waals surface area (Å²) >= 11 is 0. The molecule has 0 aliphatic carbocycles. The Kier molecular flexibility index (Phi) is 4.69. The van der Waals surface area contributed by atoms with E-state index >= 15 is 0 Å². The normalized spacial score (nSPS) is 12.4. The first-order chi connectivity index (χ1) is 7.22. The molecule has 1 amide bonds. The number of carbonyl (C=O) groups is 1. The average Bonchev–Trinajstić information content (AvgIpc) is 2.75. The first-order valence-electron chi connectivity index (χ1n) is 4.94. The Labute approximate surface area is 88.0 Å². The van der Waals surface area contributed by atoms with E-state index in [-0.39, 0.29) is 5.91 Å². The van der Waals surface area contributed by atoms with Gasteiger partial charge in [0.05, 0.1) is 13.1 Å². The molecule has 7 heteroatoms.